The Labute approximate surface area is 192 Å². The summed E-state index contributed by atoms with van der Waals surface area (Å²) in [5, 5.41) is 11.1. The molecular weight excluding hydrogens is 445 g/mol. The molecule has 170 valence electrons. The molecule has 1 saturated heterocycles. The Morgan fingerprint density at radius 3 is 2.12 bits per heavy atom. The molecule has 0 radical (unpaired) electrons. The Hall–Kier alpha value is -4.60. The number of imide groups is 1. The smallest absolute Gasteiger partial charge is 0.270 e. The van der Waals surface area contributed by atoms with E-state index in [0.29, 0.717) is 17.0 Å². The topological polar surface area (TPSA) is 110 Å². The van der Waals surface area contributed by atoms with Crippen molar-refractivity contribution in [2.45, 2.75) is 12.1 Å². The van der Waals surface area contributed by atoms with Gasteiger partial charge in [-0.15, -0.1) is 0 Å². The van der Waals surface area contributed by atoms with Crippen LogP contribution in [0.3, 0.4) is 0 Å². The molecule has 1 fully saturated rings. The molecular formula is C24H16FN3O6. The molecule has 3 amide bonds. The minimum atomic E-state index is -1.20. The highest BCUT2D eigenvalue weighted by Crippen LogP contribution is 2.44. The van der Waals surface area contributed by atoms with Gasteiger partial charge in [0.05, 0.1) is 29.2 Å². The molecule has 2 aliphatic heterocycles. The number of nitrogens with zero attached hydrogens (tertiary/aromatic N) is 3. The molecule has 0 aliphatic carbocycles. The summed E-state index contributed by atoms with van der Waals surface area (Å²) < 4.78 is 18.7. The first-order chi connectivity index (χ1) is 16.3. The Balaban J connectivity index is 1.56. The van der Waals surface area contributed by atoms with Crippen molar-refractivity contribution in [2.24, 2.45) is 0 Å². The van der Waals surface area contributed by atoms with Crippen molar-refractivity contribution in [2.75, 3.05) is 12.0 Å². The maximum atomic E-state index is 13.6. The van der Waals surface area contributed by atoms with E-state index in [4.69, 9.17) is 4.74 Å². The number of nitro groups is 1. The second kappa shape index (κ2) is 7.77. The summed E-state index contributed by atoms with van der Waals surface area (Å²) in [7, 11) is 1.51. The molecule has 2 atom stereocenters. The van der Waals surface area contributed by atoms with E-state index in [0.717, 1.165) is 17.0 Å². The number of rotatable bonds is 5. The Bertz CT molecular complexity index is 1360. The first-order valence-corrected chi connectivity index (χ1v) is 10.2. The van der Waals surface area contributed by atoms with Gasteiger partial charge in [0.25, 0.3) is 23.4 Å². The zero-order valence-corrected chi connectivity index (χ0v) is 17.7. The molecule has 0 spiro atoms. The average Bonchev–Trinajstić information content (AvgIpc) is 3.08. The van der Waals surface area contributed by atoms with Gasteiger partial charge in [0.15, 0.2) is 0 Å². The summed E-state index contributed by atoms with van der Waals surface area (Å²) >= 11 is 0. The lowest BCUT2D eigenvalue weighted by atomic mass is 9.86. The second-order valence-electron chi connectivity index (χ2n) is 7.81. The van der Waals surface area contributed by atoms with Gasteiger partial charge < -0.3 is 9.64 Å². The summed E-state index contributed by atoms with van der Waals surface area (Å²) in [5.74, 6) is -1.91. The summed E-state index contributed by atoms with van der Waals surface area (Å²) in [6, 6.07) is 13.5. The van der Waals surface area contributed by atoms with Crippen molar-refractivity contribution in [3.05, 3.63) is 99.4 Å². The molecule has 0 aromatic heterocycles. The van der Waals surface area contributed by atoms with Gasteiger partial charge in [0, 0.05) is 17.8 Å². The van der Waals surface area contributed by atoms with E-state index in [9.17, 15) is 28.9 Å². The van der Waals surface area contributed by atoms with Crippen molar-refractivity contribution in [3.8, 4) is 5.75 Å². The number of halogens is 1. The van der Waals surface area contributed by atoms with Gasteiger partial charge in [-0.3, -0.25) is 29.4 Å². The van der Waals surface area contributed by atoms with Gasteiger partial charge in [-0.25, -0.2) is 4.39 Å². The van der Waals surface area contributed by atoms with Crippen molar-refractivity contribution < 1.29 is 28.4 Å². The van der Waals surface area contributed by atoms with Crippen LogP contribution in [0.5, 0.6) is 5.75 Å². The molecule has 34 heavy (non-hydrogen) atoms. The lowest BCUT2D eigenvalue weighted by molar-refractivity contribution is -0.384. The first-order valence-electron chi connectivity index (χ1n) is 10.2. The number of benzene rings is 3. The van der Waals surface area contributed by atoms with E-state index in [1.807, 2.05) is 0 Å². The Kier molecular flexibility index (Phi) is 4.85. The summed E-state index contributed by atoms with van der Waals surface area (Å²) in [6.07, 6.45) is 0. The zero-order valence-electron chi connectivity index (χ0n) is 17.7. The van der Waals surface area contributed by atoms with Crippen LogP contribution in [0.2, 0.25) is 0 Å². The molecule has 0 unspecified atom stereocenters. The fourth-order valence-electron chi connectivity index (χ4n) is 4.36. The quantitative estimate of drug-likeness (QED) is 0.249. The molecule has 0 saturated carbocycles. The lowest BCUT2D eigenvalue weighted by Gasteiger charge is -2.49. The van der Waals surface area contributed by atoms with Crippen LogP contribution in [-0.4, -0.2) is 40.7 Å². The third-order valence-electron chi connectivity index (χ3n) is 6.02. The fourth-order valence-corrected chi connectivity index (χ4v) is 4.36. The maximum Gasteiger partial charge on any atom is 0.270 e. The Morgan fingerprint density at radius 1 is 0.853 bits per heavy atom. The molecule has 2 heterocycles. The van der Waals surface area contributed by atoms with Crippen LogP contribution in [-0.2, 0) is 4.79 Å². The summed E-state index contributed by atoms with van der Waals surface area (Å²) in [4.78, 5) is 52.3. The molecule has 3 aromatic carbocycles. The third kappa shape index (κ3) is 3.11. The van der Waals surface area contributed by atoms with Gasteiger partial charge >= 0.3 is 0 Å². The molecule has 2 aliphatic rings. The molecule has 9 nitrogen and oxygen atoms in total. The lowest BCUT2D eigenvalue weighted by Crippen LogP contribution is -2.67. The third-order valence-corrected chi connectivity index (χ3v) is 6.02. The van der Waals surface area contributed by atoms with Gasteiger partial charge in [-0.1, -0.05) is 12.1 Å². The van der Waals surface area contributed by atoms with Crippen molar-refractivity contribution >= 4 is 29.1 Å². The van der Waals surface area contributed by atoms with E-state index in [-0.39, 0.29) is 16.8 Å². The van der Waals surface area contributed by atoms with Crippen LogP contribution < -0.4 is 9.64 Å². The van der Waals surface area contributed by atoms with Crippen LogP contribution in [0.25, 0.3) is 0 Å². The number of carbonyl (C=O) groups excluding carboxylic acids is 3. The minimum Gasteiger partial charge on any atom is -0.497 e. The SMILES string of the molecule is COc1ccc(N2C(=O)[C@H](N3C(=O)c4ccc([N+](=O)[O-])cc4C3=O)[C@@H]2c2ccc(F)cc2)cc1. The maximum absolute atomic E-state index is 13.6. The molecule has 10 heteroatoms. The number of nitro benzene ring substituents is 1. The number of hydrogen-bond acceptors (Lipinski definition) is 6. The van der Waals surface area contributed by atoms with Crippen molar-refractivity contribution in [1.82, 2.24) is 4.90 Å². The predicted molar refractivity (Wildman–Crippen MR) is 117 cm³/mol. The number of amides is 3. The van der Waals surface area contributed by atoms with Crippen LogP contribution in [0.1, 0.15) is 32.3 Å². The van der Waals surface area contributed by atoms with Gasteiger partial charge in [0.1, 0.15) is 17.6 Å². The molecule has 0 bridgehead atoms. The predicted octanol–water partition coefficient (Wildman–Crippen LogP) is 3.50. The first kappa shape index (κ1) is 21.3. The largest absolute Gasteiger partial charge is 0.497 e. The fraction of sp³-hybridized carbons (Fsp3) is 0.125. The van der Waals surface area contributed by atoms with Crippen LogP contribution in [0, 0.1) is 15.9 Å². The van der Waals surface area contributed by atoms with Crippen LogP contribution >= 0.6 is 0 Å². The van der Waals surface area contributed by atoms with Crippen molar-refractivity contribution in [1.29, 1.82) is 0 Å². The monoisotopic (exact) mass is 461 g/mol. The number of hydrogen-bond donors (Lipinski definition) is 0. The van der Waals surface area contributed by atoms with Gasteiger partial charge in [0.2, 0.25) is 0 Å². The highest BCUT2D eigenvalue weighted by Gasteiger charge is 2.57. The van der Waals surface area contributed by atoms with Crippen LogP contribution in [0.4, 0.5) is 15.8 Å². The van der Waals surface area contributed by atoms with Crippen molar-refractivity contribution in [3.63, 3.8) is 0 Å². The van der Waals surface area contributed by atoms with Crippen LogP contribution in [0.15, 0.2) is 66.7 Å². The number of ether oxygens (including phenoxy) is 1. The summed E-state index contributed by atoms with van der Waals surface area (Å²) in [5.41, 5.74) is 0.543. The second-order valence-corrected chi connectivity index (χ2v) is 7.81. The highest BCUT2D eigenvalue weighted by molar-refractivity contribution is 6.25. The van der Waals surface area contributed by atoms with Gasteiger partial charge in [-0.2, -0.15) is 0 Å². The highest BCUT2D eigenvalue weighted by atomic mass is 19.1. The number of methoxy groups -OCH3 is 1. The summed E-state index contributed by atoms with van der Waals surface area (Å²) in [6.45, 7) is 0. The van der Waals surface area contributed by atoms with E-state index in [1.54, 1.807) is 24.3 Å². The average molecular weight is 461 g/mol. The standard InChI is InChI=1S/C24H16FN3O6/c1-34-17-9-6-15(7-10-17)26-20(13-2-4-14(25)5-3-13)21(24(26)31)27-22(29)18-11-8-16(28(32)33)12-19(18)23(27)30/h2-12,20-21H,1H3/t20-,21+/m0/s1. The molecule has 0 N–H and O–H groups in total. The number of non-ortho nitro benzene ring substituents is 1. The normalized spacial score (nSPS) is 19.2. The van der Waals surface area contributed by atoms with E-state index < -0.39 is 40.5 Å². The minimum absolute atomic E-state index is 0.0100. The number of β-lactam (4-membered cyclic amide) rings is 1. The number of carbonyl (C=O) groups is 3. The Morgan fingerprint density at radius 2 is 1.50 bits per heavy atom. The molecule has 5 rings (SSSR count). The van der Waals surface area contributed by atoms with E-state index >= 15 is 0 Å². The molecule has 3 aromatic rings. The van der Waals surface area contributed by atoms with E-state index in [2.05, 4.69) is 0 Å². The van der Waals surface area contributed by atoms with Gasteiger partial charge in [-0.05, 0) is 48.0 Å². The number of anilines is 1. The number of fused-ring (bicyclic) bond motifs is 1. The van der Waals surface area contributed by atoms with E-state index in [1.165, 1.54) is 42.3 Å². The zero-order chi connectivity index (χ0) is 24.1.